The molecule has 0 bridgehead atoms. The van der Waals surface area contributed by atoms with Gasteiger partial charge in [-0.05, 0) is 25.0 Å². The SMILES string of the molecule is C=CCn1c(C2CCCC2)nc(-c2ccccc2F)c1N. The molecule has 21 heavy (non-hydrogen) atoms. The average Bonchev–Trinajstić information content (AvgIpc) is 3.10. The van der Waals surface area contributed by atoms with Crippen molar-refractivity contribution < 1.29 is 4.39 Å². The van der Waals surface area contributed by atoms with Crippen molar-refractivity contribution >= 4 is 5.82 Å². The van der Waals surface area contributed by atoms with Crippen LogP contribution in [0.2, 0.25) is 0 Å². The average molecular weight is 285 g/mol. The molecule has 0 saturated heterocycles. The van der Waals surface area contributed by atoms with Gasteiger partial charge in [-0.2, -0.15) is 0 Å². The number of allylic oxidation sites excluding steroid dienone is 1. The first-order chi connectivity index (χ1) is 10.2. The normalized spacial score (nSPS) is 15.5. The Balaban J connectivity index is 2.11. The van der Waals surface area contributed by atoms with E-state index in [1.165, 1.54) is 18.9 Å². The molecule has 4 heteroatoms. The molecule has 2 aromatic rings. The van der Waals surface area contributed by atoms with Crippen LogP contribution in [0.25, 0.3) is 11.3 Å². The third-order valence-electron chi connectivity index (χ3n) is 4.20. The standard InChI is InChI=1S/C17H20FN3/c1-2-11-21-16(19)15(13-9-5-6-10-14(13)18)20-17(21)12-7-3-4-8-12/h2,5-6,9-10,12H,1,3-4,7-8,11,19H2. The Morgan fingerprint density at radius 1 is 1.33 bits per heavy atom. The summed E-state index contributed by atoms with van der Waals surface area (Å²) in [6.07, 6.45) is 6.51. The van der Waals surface area contributed by atoms with Crippen molar-refractivity contribution in [1.29, 1.82) is 0 Å². The Hall–Kier alpha value is -2.10. The van der Waals surface area contributed by atoms with Crippen LogP contribution in [0.3, 0.4) is 0 Å². The van der Waals surface area contributed by atoms with Gasteiger partial charge in [0.25, 0.3) is 0 Å². The number of nitrogens with two attached hydrogens (primary N) is 1. The van der Waals surface area contributed by atoms with E-state index in [9.17, 15) is 4.39 Å². The number of nitrogen functional groups attached to an aromatic ring is 1. The van der Waals surface area contributed by atoms with E-state index >= 15 is 0 Å². The molecule has 3 rings (SSSR count). The maximum Gasteiger partial charge on any atom is 0.132 e. The first kappa shape index (κ1) is 13.9. The molecule has 0 spiro atoms. The van der Waals surface area contributed by atoms with Gasteiger partial charge in [0.1, 0.15) is 23.2 Å². The van der Waals surface area contributed by atoms with Gasteiger partial charge in [-0.15, -0.1) is 6.58 Å². The lowest BCUT2D eigenvalue weighted by Crippen LogP contribution is -2.08. The summed E-state index contributed by atoms with van der Waals surface area (Å²) in [5.41, 5.74) is 7.27. The lowest BCUT2D eigenvalue weighted by Gasteiger charge is -2.11. The first-order valence-electron chi connectivity index (χ1n) is 7.44. The fourth-order valence-electron chi connectivity index (χ4n) is 3.15. The monoisotopic (exact) mass is 285 g/mol. The Bertz CT molecular complexity index is 654. The van der Waals surface area contributed by atoms with Crippen molar-refractivity contribution in [2.75, 3.05) is 5.73 Å². The molecule has 1 heterocycles. The van der Waals surface area contributed by atoms with Crippen molar-refractivity contribution in [3.8, 4) is 11.3 Å². The summed E-state index contributed by atoms with van der Waals surface area (Å²) >= 11 is 0. The van der Waals surface area contributed by atoms with E-state index in [1.54, 1.807) is 18.2 Å². The summed E-state index contributed by atoms with van der Waals surface area (Å²) in [5, 5.41) is 0. The van der Waals surface area contributed by atoms with Crippen LogP contribution in [0.4, 0.5) is 10.2 Å². The number of nitrogens with zero attached hydrogens (tertiary/aromatic N) is 2. The van der Waals surface area contributed by atoms with Crippen LogP contribution in [0.1, 0.15) is 37.4 Å². The smallest absolute Gasteiger partial charge is 0.132 e. The zero-order valence-electron chi connectivity index (χ0n) is 12.1. The Kier molecular flexibility index (Phi) is 3.78. The highest BCUT2D eigenvalue weighted by molar-refractivity contribution is 5.71. The molecular weight excluding hydrogens is 265 g/mol. The van der Waals surface area contributed by atoms with Crippen molar-refractivity contribution in [2.24, 2.45) is 0 Å². The highest BCUT2D eigenvalue weighted by Crippen LogP contribution is 2.37. The zero-order chi connectivity index (χ0) is 14.8. The van der Waals surface area contributed by atoms with Crippen molar-refractivity contribution in [1.82, 2.24) is 9.55 Å². The summed E-state index contributed by atoms with van der Waals surface area (Å²) in [5.74, 6) is 1.64. The van der Waals surface area contributed by atoms with Gasteiger partial charge < -0.3 is 10.3 Å². The molecule has 1 aromatic heterocycles. The molecular formula is C17H20FN3. The fraction of sp³-hybridized carbons (Fsp3) is 0.353. The van der Waals surface area contributed by atoms with E-state index in [1.807, 2.05) is 10.6 Å². The number of rotatable bonds is 4. The number of hydrogen-bond donors (Lipinski definition) is 1. The molecule has 0 atom stereocenters. The van der Waals surface area contributed by atoms with Gasteiger partial charge in [0.05, 0.1) is 0 Å². The molecule has 1 fully saturated rings. The third-order valence-corrected chi connectivity index (χ3v) is 4.20. The summed E-state index contributed by atoms with van der Waals surface area (Å²) < 4.78 is 16.0. The van der Waals surface area contributed by atoms with E-state index in [0.717, 1.165) is 18.7 Å². The van der Waals surface area contributed by atoms with Crippen molar-refractivity contribution in [3.63, 3.8) is 0 Å². The minimum Gasteiger partial charge on any atom is -0.383 e. The second kappa shape index (κ2) is 5.72. The first-order valence-corrected chi connectivity index (χ1v) is 7.44. The van der Waals surface area contributed by atoms with E-state index in [2.05, 4.69) is 6.58 Å². The van der Waals surface area contributed by atoms with E-state index in [4.69, 9.17) is 10.7 Å². The van der Waals surface area contributed by atoms with E-state index < -0.39 is 0 Å². The van der Waals surface area contributed by atoms with Gasteiger partial charge in [0.15, 0.2) is 0 Å². The summed E-state index contributed by atoms with van der Waals surface area (Å²) in [4.78, 5) is 4.69. The van der Waals surface area contributed by atoms with Gasteiger partial charge in [-0.3, -0.25) is 0 Å². The largest absolute Gasteiger partial charge is 0.383 e. The van der Waals surface area contributed by atoms with E-state index in [0.29, 0.717) is 29.5 Å². The number of hydrogen-bond acceptors (Lipinski definition) is 2. The Morgan fingerprint density at radius 2 is 2.05 bits per heavy atom. The van der Waals surface area contributed by atoms with Crippen LogP contribution in [0.5, 0.6) is 0 Å². The maximum absolute atomic E-state index is 14.0. The van der Waals surface area contributed by atoms with Crippen LogP contribution in [0.15, 0.2) is 36.9 Å². The number of halogens is 1. The minimum atomic E-state index is -0.287. The quantitative estimate of drug-likeness (QED) is 0.859. The van der Waals surface area contributed by atoms with Gasteiger partial charge >= 0.3 is 0 Å². The van der Waals surface area contributed by atoms with Crippen LogP contribution in [-0.2, 0) is 6.54 Å². The van der Waals surface area contributed by atoms with Gasteiger partial charge in [-0.1, -0.05) is 31.1 Å². The highest BCUT2D eigenvalue weighted by atomic mass is 19.1. The number of anilines is 1. The molecule has 1 aliphatic carbocycles. The Morgan fingerprint density at radius 3 is 2.71 bits per heavy atom. The molecule has 1 aromatic carbocycles. The van der Waals surface area contributed by atoms with Crippen LogP contribution >= 0.6 is 0 Å². The van der Waals surface area contributed by atoms with Crippen molar-refractivity contribution in [2.45, 2.75) is 38.1 Å². The molecule has 0 radical (unpaired) electrons. The number of imidazole rings is 1. The second-order valence-corrected chi connectivity index (χ2v) is 5.56. The van der Waals surface area contributed by atoms with Gasteiger partial charge in [-0.25, -0.2) is 9.37 Å². The number of aromatic nitrogens is 2. The third kappa shape index (κ3) is 2.46. The Labute approximate surface area is 124 Å². The van der Waals surface area contributed by atoms with Crippen LogP contribution < -0.4 is 5.73 Å². The molecule has 3 nitrogen and oxygen atoms in total. The predicted octanol–water partition coefficient (Wildman–Crippen LogP) is 4.12. The second-order valence-electron chi connectivity index (χ2n) is 5.56. The molecule has 0 unspecified atom stereocenters. The summed E-state index contributed by atoms with van der Waals surface area (Å²) in [6.45, 7) is 4.40. The minimum absolute atomic E-state index is 0.287. The highest BCUT2D eigenvalue weighted by Gasteiger charge is 2.26. The molecule has 0 amide bonds. The fourth-order valence-corrected chi connectivity index (χ4v) is 3.15. The van der Waals surface area contributed by atoms with E-state index in [-0.39, 0.29) is 5.82 Å². The predicted molar refractivity (Wildman–Crippen MR) is 83.4 cm³/mol. The number of benzene rings is 1. The maximum atomic E-state index is 14.0. The lowest BCUT2D eigenvalue weighted by molar-refractivity contribution is 0.618. The van der Waals surface area contributed by atoms with Crippen LogP contribution in [-0.4, -0.2) is 9.55 Å². The lowest BCUT2D eigenvalue weighted by atomic mass is 10.1. The molecule has 110 valence electrons. The van der Waals surface area contributed by atoms with Crippen LogP contribution in [0, 0.1) is 5.82 Å². The van der Waals surface area contributed by atoms with Crippen molar-refractivity contribution in [3.05, 3.63) is 48.6 Å². The molecule has 1 aliphatic rings. The topological polar surface area (TPSA) is 43.8 Å². The molecule has 1 saturated carbocycles. The molecule has 0 aliphatic heterocycles. The molecule has 2 N–H and O–H groups in total. The zero-order valence-corrected chi connectivity index (χ0v) is 12.1. The van der Waals surface area contributed by atoms with Gasteiger partial charge in [0.2, 0.25) is 0 Å². The summed E-state index contributed by atoms with van der Waals surface area (Å²) in [6, 6.07) is 6.65. The summed E-state index contributed by atoms with van der Waals surface area (Å²) in [7, 11) is 0. The van der Waals surface area contributed by atoms with Gasteiger partial charge in [0, 0.05) is 18.0 Å².